The summed E-state index contributed by atoms with van der Waals surface area (Å²) in [5.74, 6) is -0.550. The van der Waals surface area contributed by atoms with Crippen molar-refractivity contribution in [2.24, 2.45) is 5.10 Å². The van der Waals surface area contributed by atoms with Crippen LogP contribution in [0.4, 0.5) is 5.69 Å². The summed E-state index contributed by atoms with van der Waals surface area (Å²) in [7, 11) is -3.67. The number of nitrogens with one attached hydrogen (secondary N) is 1. The van der Waals surface area contributed by atoms with Crippen LogP contribution in [0.2, 0.25) is 5.02 Å². The highest BCUT2D eigenvalue weighted by molar-refractivity contribution is 9.10. The summed E-state index contributed by atoms with van der Waals surface area (Å²) in [6, 6.07) is 12.2. The number of benzene rings is 2. The molecule has 6 nitrogen and oxygen atoms in total. The highest BCUT2D eigenvalue weighted by Crippen LogP contribution is 2.25. The molecule has 2 aromatic carbocycles. The smallest absolute Gasteiger partial charge is 0.260 e. The van der Waals surface area contributed by atoms with Gasteiger partial charge in [-0.15, -0.1) is 0 Å². The molecular weight excluding hydrogens is 454 g/mol. The second kappa shape index (κ2) is 8.86. The molecule has 0 bridgehead atoms. The molecule has 0 spiro atoms. The maximum atomic E-state index is 12.3. The van der Waals surface area contributed by atoms with Crippen LogP contribution in [0.15, 0.2) is 52.0 Å². The number of hydrazone groups is 1. The Morgan fingerprint density at radius 2 is 1.85 bits per heavy atom. The van der Waals surface area contributed by atoms with E-state index in [2.05, 4.69) is 26.5 Å². The van der Waals surface area contributed by atoms with Crippen molar-refractivity contribution in [3.63, 3.8) is 0 Å². The topological polar surface area (TPSA) is 78.8 Å². The molecule has 0 radical (unpaired) electrons. The van der Waals surface area contributed by atoms with Gasteiger partial charge in [-0.1, -0.05) is 39.7 Å². The fourth-order valence-corrected chi connectivity index (χ4v) is 3.75. The van der Waals surface area contributed by atoms with Crippen LogP contribution in [0.5, 0.6) is 0 Å². The highest BCUT2D eigenvalue weighted by atomic mass is 79.9. The Morgan fingerprint density at radius 3 is 2.41 bits per heavy atom. The Balaban J connectivity index is 2.17. The largest absolute Gasteiger partial charge is 0.271 e. The minimum atomic E-state index is -3.67. The average Bonchev–Trinajstić information content (AvgIpc) is 2.58. The maximum absolute atomic E-state index is 12.3. The van der Waals surface area contributed by atoms with E-state index in [1.165, 1.54) is 0 Å². The van der Waals surface area contributed by atoms with Crippen molar-refractivity contribution in [1.82, 2.24) is 5.43 Å². The first-order valence-electron chi connectivity index (χ1n) is 7.91. The molecule has 27 heavy (non-hydrogen) atoms. The van der Waals surface area contributed by atoms with Gasteiger partial charge in [-0.2, -0.15) is 5.10 Å². The summed E-state index contributed by atoms with van der Waals surface area (Å²) in [6.07, 6.45) is 1.05. The van der Waals surface area contributed by atoms with E-state index in [1.54, 1.807) is 32.0 Å². The summed E-state index contributed by atoms with van der Waals surface area (Å²) in [5, 5.41) is 4.54. The first-order chi connectivity index (χ1) is 12.6. The van der Waals surface area contributed by atoms with Gasteiger partial charge in [0.05, 0.1) is 17.7 Å². The normalized spacial score (nSPS) is 12.0. The van der Waals surface area contributed by atoms with Crippen LogP contribution in [0.3, 0.4) is 0 Å². The molecule has 0 saturated heterocycles. The van der Waals surface area contributed by atoms with Crippen molar-refractivity contribution in [3.8, 4) is 0 Å². The molecule has 2 aromatic rings. The van der Waals surface area contributed by atoms with Gasteiger partial charge in [0, 0.05) is 9.50 Å². The van der Waals surface area contributed by atoms with Crippen LogP contribution in [0.25, 0.3) is 0 Å². The zero-order chi connectivity index (χ0) is 20.2. The standard InChI is InChI=1S/C18H19BrClN3O3S/c1-12-10-16(20)8-9-17(12)23(27(3,25)26)11-18(24)22-21-13(2)14-4-6-15(19)7-5-14/h4-10H,11H2,1-3H3,(H,22,24)/b21-13-. The highest BCUT2D eigenvalue weighted by Gasteiger charge is 2.22. The lowest BCUT2D eigenvalue weighted by Gasteiger charge is -2.23. The SMILES string of the molecule is C/C(=N/NC(=O)CN(c1ccc(Cl)cc1C)S(C)(=O)=O)c1ccc(Br)cc1. The van der Waals surface area contributed by atoms with Gasteiger partial charge in [0.2, 0.25) is 10.0 Å². The maximum Gasteiger partial charge on any atom is 0.260 e. The van der Waals surface area contributed by atoms with Crippen LogP contribution in [-0.2, 0) is 14.8 Å². The number of aryl methyl sites for hydroxylation is 1. The zero-order valence-corrected chi connectivity index (χ0v) is 18.2. The van der Waals surface area contributed by atoms with Crippen molar-refractivity contribution in [3.05, 3.63) is 63.1 Å². The Labute approximate surface area is 172 Å². The third kappa shape index (κ3) is 6.05. The van der Waals surface area contributed by atoms with Crippen molar-refractivity contribution in [1.29, 1.82) is 0 Å². The number of amides is 1. The lowest BCUT2D eigenvalue weighted by molar-refractivity contribution is -0.119. The van der Waals surface area contributed by atoms with Crippen molar-refractivity contribution >= 4 is 54.9 Å². The Bertz CT molecular complexity index is 976. The van der Waals surface area contributed by atoms with Gasteiger partial charge >= 0.3 is 0 Å². The van der Waals surface area contributed by atoms with Gasteiger partial charge < -0.3 is 0 Å². The predicted octanol–water partition coefficient (Wildman–Crippen LogP) is 3.72. The molecule has 0 fully saturated rings. The van der Waals surface area contributed by atoms with Gasteiger partial charge in [-0.3, -0.25) is 9.10 Å². The molecule has 1 amide bonds. The van der Waals surface area contributed by atoms with Crippen LogP contribution in [-0.4, -0.2) is 32.8 Å². The third-order valence-corrected chi connectivity index (χ3v) is 5.62. The van der Waals surface area contributed by atoms with Gasteiger partial charge in [-0.25, -0.2) is 13.8 Å². The molecule has 144 valence electrons. The molecule has 1 N–H and O–H groups in total. The number of nitrogens with zero attached hydrogens (tertiary/aromatic N) is 2. The van der Waals surface area contributed by atoms with E-state index in [9.17, 15) is 13.2 Å². The number of anilines is 1. The van der Waals surface area contributed by atoms with Gasteiger partial charge in [0.25, 0.3) is 5.91 Å². The van der Waals surface area contributed by atoms with Crippen LogP contribution in [0, 0.1) is 6.92 Å². The number of halogens is 2. The number of carbonyl (C=O) groups is 1. The minimum Gasteiger partial charge on any atom is -0.271 e. The molecule has 0 aromatic heterocycles. The quantitative estimate of drug-likeness (QED) is 0.514. The molecular formula is C18H19BrClN3O3S. The third-order valence-electron chi connectivity index (χ3n) is 3.73. The van der Waals surface area contributed by atoms with E-state index in [-0.39, 0.29) is 0 Å². The van der Waals surface area contributed by atoms with E-state index in [0.717, 1.165) is 20.6 Å². The lowest BCUT2D eigenvalue weighted by atomic mass is 10.1. The molecule has 0 saturated carbocycles. The van der Waals surface area contributed by atoms with E-state index < -0.39 is 22.5 Å². The lowest BCUT2D eigenvalue weighted by Crippen LogP contribution is -2.39. The van der Waals surface area contributed by atoms with Crippen molar-refractivity contribution < 1.29 is 13.2 Å². The van der Waals surface area contributed by atoms with Crippen molar-refractivity contribution in [2.75, 3.05) is 17.1 Å². The van der Waals surface area contributed by atoms with Gasteiger partial charge in [-0.05, 0) is 55.3 Å². The molecule has 2 rings (SSSR count). The van der Waals surface area contributed by atoms with E-state index in [4.69, 9.17) is 11.6 Å². The second-order valence-electron chi connectivity index (χ2n) is 5.94. The summed E-state index contributed by atoms with van der Waals surface area (Å²) in [4.78, 5) is 12.3. The Morgan fingerprint density at radius 1 is 1.22 bits per heavy atom. The molecule has 0 aliphatic rings. The van der Waals surface area contributed by atoms with Gasteiger partial charge in [0.15, 0.2) is 0 Å². The van der Waals surface area contributed by atoms with E-state index in [0.29, 0.717) is 22.0 Å². The molecule has 0 aliphatic heterocycles. The Kier molecular flexibility index (Phi) is 7.02. The first-order valence-corrected chi connectivity index (χ1v) is 10.9. The van der Waals surface area contributed by atoms with Gasteiger partial charge in [0.1, 0.15) is 6.54 Å². The zero-order valence-electron chi connectivity index (χ0n) is 15.0. The molecule has 0 atom stereocenters. The summed E-state index contributed by atoms with van der Waals surface area (Å²) in [5.41, 5.74) is 4.89. The summed E-state index contributed by atoms with van der Waals surface area (Å²) in [6.45, 7) is 3.09. The predicted molar refractivity (Wildman–Crippen MR) is 113 cm³/mol. The number of sulfonamides is 1. The Hall–Kier alpha value is -1.90. The van der Waals surface area contributed by atoms with Crippen molar-refractivity contribution in [2.45, 2.75) is 13.8 Å². The fourth-order valence-electron chi connectivity index (χ4n) is 2.35. The summed E-state index contributed by atoms with van der Waals surface area (Å²) >= 11 is 9.28. The number of hydrogen-bond donors (Lipinski definition) is 1. The van der Waals surface area contributed by atoms with Crippen LogP contribution < -0.4 is 9.73 Å². The molecule has 0 unspecified atom stereocenters. The molecule has 0 aliphatic carbocycles. The average molecular weight is 473 g/mol. The van der Waals surface area contributed by atoms with Crippen LogP contribution >= 0.6 is 27.5 Å². The van der Waals surface area contributed by atoms with E-state index in [1.807, 2.05) is 24.3 Å². The second-order valence-corrected chi connectivity index (χ2v) is 9.20. The summed E-state index contributed by atoms with van der Waals surface area (Å²) < 4.78 is 26.3. The monoisotopic (exact) mass is 471 g/mol. The first kappa shape index (κ1) is 21.4. The number of rotatable bonds is 6. The van der Waals surface area contributed by atoms with E-state index >= 15 is 0 Å². The minimum absolute atomic E-state index is 0.390. The molecule has 0 heterocycles. The molecule has 9 heteroatoms. The number of carbonyl (C=O) groups excluding carboxylic acids is 1. The fraction of sp³-hybridized carbons (Fsp3) is 0.222. The van der Waals surface area contributed by atoms with Crippen LogP contribution in [0.1, 0.15) is 18.1 Å². The number of hydrogen-bond acceptors (Lipinski definition) is 4.